The number of phenolic OH excluding ortho intramolecular Hbond substituents is 1. The van der Waals surface area contributed by atoms with Crippen LogP contribution >= 0.6 is 0 Å². The van der Waals surface area contributed by atoms with Crippen molar-refractivity contribution in [3.05, 3.63) is 58.1 Å². The monoisotopic (exact) mass is 327 g/mol. The lowest BCUT2D eigenvalue weighted by Crippen LogP contribution is -2.17. The highest BCUT2D eigenvalue weighted by atomic mass is 16.6. The van der Waals surface area contributed by atoms with Crippen LogP contribution in [0.2, 0.25) is 0 Å². The summed E-state index contributed by atoms with van der Waals surface area (Å²) in [5, 5.41) is 23.3. The van der Waals surface area contributed by atoms with E-state index in [1.54, 1.807) is 38.1 Å². The van der Waals surface area contributed by atoms with Crippen LogP contribution in [0.25, 0.3) is 0 Å². The van der Waals surface area contributed by atoms with Crippen LogP contribution in [0.4, 0.5) is 17.1 Å². The number of anilines is 1. The van der Waals surface area contributed by atoms with Gasteiger partial charge in [0.15, 0.2) is 0 Å². The number of hydrogen-bond donors (Lipinski definition) is 2. The number of amides is 1. The maximum atomic E-state index is 11.7. The van der Waals surface area contributed by atoms with Gasteiger partial charge in [-0.2, -0.15) is 0 Å². The predicted molar refractivity (Wildman–Crippen MR) is 91.9 cm³/mol. The number of hydrogen-bond acceptors (Lipinski definition) is 5. The van der Waals surface area contributed by atoms with Crippen molar-refractivity contribution in [3.8, 4) is 5.75 Å². The molecule has 0 unspecified atom stereocenters. The molecule has 0 radical (unpaired) electrons. The van der Waals surface area contributed by atoms with Gasteiger partial charge in [0.25, 0.3) is 5.69 Å². The molecule has 0 aliphatic carbocycles. The molecular weight excluding hydrogens is 310 g/mol. The number of nitrogens with one attached hydrogen (secondary N) is 1. The summed E-state index contributed by atoms with van der Waals surface area (Å²) in [4.78, 5) is 26.1. The Morgan fingerprint density at radius 2 is 2.04 bits per heavy atom. The summed E-state index contributed by atoms with van der Waals surface area (Å²) in [5.41, 5.74) is 1.25. The number of nitro benzene ring substituents is 1. The minimum atomic E-state index is -0.543. The molecule has 7 heteroatoms. The van der Waals surface area contributed by atoms with Crippen molar-refractivity contribution >= 4 is 29.2 Å². The lowest BCUT2D eigenvalue weighted by molar-refractivity contribution is -0.384. The molecule has 2 aromatic rings. The molecule has 0 aliphatic rings. The van der Waals surface area contributed by atoms with E-state index in [1.165, 1.54) is 24.4 Å². The highest BCUT2D eigenvalue weighted by molar-refractivity contribution is 5.92. The van der Waals surface area contributed by atoms with Gasteiger partial charge in [-0.3, -0.25) is 19.9 Å². The van der Waals surface area contributed by atoms with E-state index in [0.717, 1.165) is 0 Å². The maximum Gasteiger partial charge on any atom is 0.270 e. The number of aliphatic imine (C=N–C) groups is 1. The number of aromatic hydroxyl groups is 1. The Bertz CT molecular complexity index is 800. The predicted octanol–water partition coefficient (Wildman–Crippen LogP) is 3.65. The smallest absolute Gasteiger partial charge is 0.270 e. The van der Waals surface area contributed by atoms with Gasteiger partial charge in [0, 0.05) is 35.5 Å². The van der Waals surface area contributed by atoms with E-state index >= 15 is 0 Å². The third kappa shape index (κ3) is 4.39. The zero-order chi connectivity index (χ0) is 17.7. The Kier molecular flexibility index (Phi) is 5.26. The second-order valence-electron chi connectivity index (χ2n) is 5.45. The number of carbonyl (C=O) groups excluding carboxylic acids is 1. The van der Waals surface area contributed by atoms with Crippen LogP contribution in [-0.2, 0) is 4.79 Å². The van der Waals surface area contributed by atoms with Crippen molar-refractivity contribution in [2.24, 2.45) is 10.9 Å². The molecule has 7 nitrogen and oxygen atoms in total. The summed E-state index contributed by atoms with van der Waals surface area (Å²) in [5.74, 6) is -0.347. The van der Waals surface area contributed by atoms with Crippen LogP contribution in [-0.4, -0.2) is 22.2 Å². The van der Waals surface area contributed by atoms with Gasteiger partial charge >= 0.3 is 0 Å². The quantitative estimate of drug-likeness (QED) is 0.497. The fourth-order valence-corrected chi connectivity index (χ4v) is 1.85. The summed E-state index contributed by atoms with van der Waals surface area (Å²) in [6.45, 7) is 3.59. The first-order valence-corrected chi connectivity index (χ1v) is 7.29. The summed E-state index contributed by atoms with van der Waals surface area (Å²) >= 11 is 0. The molecule has 2 aromatic carbocycles. The molecule has 0 aromatic heterocycles. The second kappa shape index (κ2) is 7.36. The van der Waals surface area contributed by atoms with Crippen LogP contribution in [0, 0.1) is 16.0 Å². The minimum Gasteiger partial charge on any atom is -0.507 e. The molecule has 0 bridgehead atoms. The number of nitro groups is 1. The zero-order valence-electron chi connectivity index (χ0n) is 13.3. The third-order valence-corrected chi connectivity index (χ3v) is 3.21. The van der Waals surface area contributed by atoms with Gasteiger partial charge in [-0.05, 0) is 24.3 Å². The Balaban J connectivity index is 2.22. The molecule has 0 atom stereocenters. The van der Waals surface area contributed by atoms with Crippen molar-refractivity contribution in [2.75, 3.05) is 5.32 Å². The Morgan fingerprint density at radius 3 is 2.71 bits per heavy atom. The fraction of sp³-hybridized carbons (Fsp3) is 0.176. The number of carbonyl (C=O) groups is 1. The van der Waals surface area contributed by atoms with Gasteiger partial charge in [0.05, 0.1) is 10.6 Å². The summed E-state index contributed by atoms with van der Waals surface area (Å²) in [7, 11) is 0. The largest absolute Gasteiger partial charge is 0.507 e. The van der Waals surface area contributed by atoms with E-state index in [2.05, 4.69) is 10.3 Å². The molecule has 0 heterocycles. The lowest BCUT2D eigenvalue weighted by atomic mass is 10.2. The van der Waals surface area contributed by atoms with E-state index in [0.29, 0.717) is 11.4 Å². The van der Waals surface area contributed by atoms with E-state index < -0.39 is 4.92 Å². The van der Waals surface area contributed by atoms with Crippen molar-refractivity contribution < 1.29 is 14.8 Å². The van der Waals surface area contributed by atoms with Crippen molar-refractivity contribution in [1.82, 2.24) is 0 Å². The number of rotatable bonds is 5. The molecule has 0 spiro atoms. The van der Waals surface area contributed by atoms with Crippen LogP contribution in [0.1, 0.15) is 19.4 Å². The maximum absolute atomic E-state index is 11.7. The third-order valence-electron chi connectivity index (χ3n) is 3.21. The molecule has 0 saturated carbocycles. The van der Waals surface area contributed by atoms with Gasteiger partial charge in [-0.1, -0.05) is 19.9 Å². The molecule has 2 rings (SSSR count). The highest BCUT2D eigenvalue weighted by Gasteiger charge is 2.09. The Labute approximate surface area is 138 Å². The normalized spacial score (nSPS) is 11.0. The van der Waals surface area contributed by atoms with Gasteiger partial charge < -0.3 is 10.4 Å². The summed E-state index contributed by atoms with van der Waals surface area (Å²) < 4.78 is 0. The van der Waals surface area contributed by atoms with Crippen molar-refractivity contribution in [3.63, 3.8) is 0 Å². The SMILES string of the molecule is CC(C)C(=O)Nc1cccc(N=Cc2cc([N+](=O)[O-])ccc2O)c1. The minimum absolute atomic E-state index is 0.103. The number of non-ortho nitro benzene ring substituents is 1. The average Bonchev–Trinajstić information content (AvgIpc) is 2.54. The lowest BCUT2D eigenvalue weighted by Gasteiger charge is -2.07. The molecule has 24 heavy (non-hydrogen) atoms. The van der Waals surface area contributed by atoms with Gasteiger partial charge in [0.2, 0.25) is 5.91 Å². The van der Waals surface area contributed by atoms with E-state index in [4.69, 9.17) is 0 Å². The molecule has 0 saturated heterocycles. The van der Waals surface area contributed by atoms with E-state index in [9.17, 15) is 20.0 Å². The molecule has 1 amide bonds. The standard InChI is InChI=1S/C17H17N3O4/c1-11(2)17(22)19-14-5-3-4-13(9-14)18-10-12-8-15(20(23)24)6-7-16(12)21/h3-11,21H,1-2H3,(H,19,22). The van der Waals surface area contributed by atoms with Crippen molar-refractivity contribution in [1.29, 1.82) is 0 Å². The first kappa shape index (κ1) is 17.1. The van der Waals surface area contributed by atoms with Crippen LogP contribution < -0.4 is 5.32 Å². The summed E-state index contributed by atoms with van der Waals surface area (Å²) in [6.07, 6.45) is 1.34. The molecule has 0 aliphatic heterocycles. The Morgan fingerprint density at radius 1 is 1.29 bits per heavy atom. The second-order valence-corrected chi connectivity index (χ2v) is 5.45. The highest BCUT2D eigenvalue weighted by Crippen LogP contribution is 2.23. The number of nitrogens with zero attached hydrogens (tertiary/aromatic N) is 2. The van der Waals surface area contributed by atoms with Crippen LogP contribution in [0.3, 0.4) is 0 Å². The van der Waals surface area contributed by atoms with Gasteiger partial charge in [-0.15, -0.1) is 0 Å². The van der Waals surface area contributed by atoms with E-state index in [1.807, 2.05) is 0 Å². The van der Waals surface area contributed by atoms with Gasteiger partial charge in [-0.25, -0.2) is 0 Å². The van der Waals surface area contributed by atoms with Crippen LogP contribution in [0.5, 0.6) is 5.75 Å². The first-order valence-electron chi connectivity index (χ1n) is 7.29. The number of benzene rings is 2. The summed E-state index contributed by atoms with van der Waals surface area (Å²) in [6, 6.07) is 10.6. The zero-order valence-corrected chi connectivity index (χ0v) is 13.3. The molecule has 2 N–H and O–H groups in total. The molecule has 0 fully saturated rings. The fourth-order valence-electron chi connectivity index (χ4n) is 1.85. The first-order chi connectivity index (χ1) is 11.4. The molecule has 124 valence electrons. The van der Waals surface area contributed by atoms with Crippen LogP contribution in [0.15, 0.2) is 47.5 Å². The molecular formula is C17H17N3O4. The number of phenols is 1. The topological polar surface area (TPSA) is 105 Å². The van der Waals surface area contributed by atoms with Gasteiger partial charge in [0.1, 0.15) is 5.75 Å². The Hall–Kier alpha value is -3.22. The average molecular weight is 327 g/mol. The van der Waals surface area contributed by atoms with E-state index in [-0.39, 0.29) is 28.8 Å². The van der Waals surface area contributed by atoms with Crippen molar-refractivity contribution in [2.45, 2.75) is 13.8 Å².